The second-order valence-corrected chi connectivity index (χ2v) is 2.70. The maximum absolute atomic E-state index is 5.76. The highest BCUT2D eigenvalue weighted by Gasteiger charge is 2.04. The molecule has 1 radical (unpaired) electrons. The van der Waals surface area contributed by atoms with Crippen LogP contribution in [0.4, 0.5) is 17.1 Å². The number of para-hydroxylation sites is 1. The van der Waals surface area contributed by atoms with Crippen LogP contribution in [0.2, 0.25) is 0 Å². The van der Waals surface area contributed by atoms with Crippen LogP contribution >= 0.6 is 0 Å². The van der Waals surface area contributed by atoms with Crippen molar-refractivity contribution in [2.75, 3.05) is 30.0 Å². The van der Waals surface area contributed by atoms with Crippen LogP contribution in [-0.4, -0.2) is 13.6 Å². The van der Waals surface area contributed by atoms with Crippen LogP contribution in [0.5, 0.6) is 0 Å². The Morgan fingerprint density at radius 1 is 1.42 bits per heavy atom. The molecule has 0 aliphatic heterocycles. The van der Waals surface area contributed by atoms with E-state index in [1.54, 1.807) is 6.07 Å². The standard InChI is InChI=1S/C9H14N3/c1-3-12(2)8-6-4-5-7(10)9(8)11/h4-6H,1,3,10-11H2,2H3. The third kappa shape index (κ3) is 1.44. The van der Waals surface area contributed by atoms with E-state index >= 15 is 0 Å². The summed E-state index contributed by atoms with van der Waals surface area (Å²) in [7, 11) is 1.93. The van der Waals surface area contributed by atoms with Crippen molar-refractivity contribution in [2.45, 2.75) is 0 Å². The summed E-state index contributed by atoms with van der Waals surface area (Å²) in [5, 5.41) is 0. The minimum atomic E-state index is 0.618. The third-order valence-electron chi connectivity index (χ3n) is 1.86. The van der Waals surface area contributed by atoms with E-state index < -0.39 is 0 Å². The first-order valence-corrected chi connectivity index (χ1v) is 3.81. The van der Waals surface area contributed by atoms with Crippen LogP contribution in [0.15, 0.2) is 18.2 Å². The third-order valence-corrected chi connectivity index (χ3v) is 1.86. The molecule has 0 aromatic heterocycles. The lowest BCUT2D eigenvalue weighted by Gasteiger charge is -2.19. The van der Waals surface area contributed by atoms with Crippen molar-refractivity contribution in [3.63, 3.8) is 0 Å². The first kappa shape index (κ1) is 8.71. The maximum Gasteiger partial charge on any atom is 0.0785 e. The largest absolute Gasteiger partial charge is 0.397 e. The number of nitrogen functional groups attached to an aromatic ring is 2. The molecule has 65 valence electrons. The second kappa shape index (κ2) is 3.34. The van der Waals surface area contributed by atoms with Crippen LogP contribution in [-0.2, 0) is 0 Å². The van der Waals surface area contributed by atoms with Gasteiger partial charge in [-0.15, -0.1) is 0 Å². The molecule has 0 saturated heterocycles. The van der Waals surface area contributed by atoms with Gasteiger partial charge in [0.2, 0.25) is 0 Å². The first-order valence-electron chi connectivity index (χ1n) is 3.81. The van der Waals surface area contributed by atoms with Gasteiger partial charge in [-0.05, 0) is 19.1 Å². The number of nitrogens with zero attached hydrogens (tertiary/aromatic N) is 1. The van der Waals surface area contributed by atoms with Crippen LogP contribution in [0, 0.1) is 6.92 Å². The van der Waals surface area contributed by atoms with Gasteiger partial charge in [-0.3, -0.25) is 0 Å². The van der Waals surface area contributed by atoms with Gasteiger partial charge in [0.15, 0.2) is 0 Å². The number of rotatable bonds is 2. The summed E-state index contributed by atoms with van der Waals surface area (Å²) in [4.78, 5) is 1.95. The monoisotopic (exact) mass is 164 g/mol. The highest BCUT2D eigenvalue weighted by molar-refractivity contribution is 5.79. The molecule has 0 heterocycles. The number of anilines is 3. The van der Waals surface area contributed by atoms with Crippen LogP contribution in [0.25, 0.3) is 0 Å². The van der Waals surface area contributed by atoms with Gasteiger partial charge in [0.25, 0.3) is 0 Å². The summed E-state index contributed by atoms with van der Waals surface area (Å²) in [6.07, 6.45) is 0. The highest BCUT2D eigenvalue weighted by atomic mass is 15.1. The Balaban J connectivity index is 3.07. The highest BCUT2D eigenvalue weighted by Crippen LogP contribution is 2.26. The average molecular weight is 164 g/mol. The van der Waals surface area contributed by atoms with Crippen molar-refractivity contribution in [3.05, 3.63) is 25.1 Å². The molecule has 0 bridgehead atoms. The van der Waals surface area contributed by atoms with Gasteiger partial charge in [0, 0.05) is 13.6 Å². The van der Waals surface area contributed by atoms with Gasteiger partial charge in [-0.2, -0.15) is 0 Å². The predicted molar refractivity (Wildman–Crippen MR) is 53.9 cm³/mol. The quantitative estimate of drug-likeness (QED) is 0.644. The van der Waals surface area contributed by atoms with E-state index in [9.17, 15) is 0 Å². The molecule has 4 N–H and O–H groups in total. The molecule has 3 nitrogen and oxygen atoms in total. The lowest BCUT2D eigenvalue weighted by Crippen LogP contribution is -2.17. The average Bonchev–Trinajstić information content (AvgIpc) is 2.08. The molecule has 0 atom stereocenters. The molecule has 0 aliphatic carbocycles. The Kier molecular flexibility index (Phi) is 2.43. The molecular formula is C9H14N3. The van der Waals surface area contributed by atoms with Crippen LogP contribution in [0.1, 0.15) is 0 Å². The van der Waals surface area contributed by atoms with Gasteiger partial charge < -0.3 is 16.4 Å². The summed E-state index contributed by atoms with van der Waals surface area (Å²) in [6.45, 7) is 4.44. The first-order chi connectivity index (χ1) is 5.66. The number of hydrogen-bond donors (Lipinski definition) is 2. The Hall–Kier alpha value is -1.38. The zero-order chi connectivity index (χ0) is 9.14. The number of hydrogen-bond acceptors (Lipinski definition) is 3. The normalized spacial score (nSPS) is 9.83. The molecule has 1 rings (SSSR count). The van der Waals surface area contributed by atoms with E-state index in [4.69, 9.17) is 11.5 Å². The van der Waals surface area contributed by atoms with E-state index in [2.05, 4.69) is 6.92 Å². The van der Waals surface area contributed by atoms with Crippen molar-refractivity contribution in [2.24, 2.45) is 0 Å². The molecule has 0 fully saturated rings. The van der Waals surface area contributed by atoms with E-state index in [1.807, 2.05) is 24.1 Å². The lowest BCUT2D eigenvalue weighted by atomic mass is 10.2. The van der Waals surface area contributed by atoms with Gasteiger partial charge in [0.1, 0.15) is 0 Å². The molecule has 0 unspecified atom stereocenters. The Bertz CT molecular complexity index is 270. The van der Waals surface area contributed by atoms with Gasteiger partial charge in [-0.1, -0.05) is 6.07 Å². The molecule has 0 spiro atoms. The topological polar surface area (TPSA) is 55.3 Å². The lowest BCUT2D eigenvalue weighted by molar-refractivity contribution is 1.03. The summed E-state index contributed by atoms with van der Waals surface area (Å²) >= 11 is 0. The van der Waals surface area contributed by atoms with E-state index in [-0.39, 0.29) is 0 Å². The molecule has 1 aromatic rings. The fourth-order valence-electron chi connectivity index (χ4n) is 1.02. The summed E-state index contributed by atoms with van der Waals surface area (Å²) in [6, 6.07) is 5.60. The van der Waals surface area contributed by atoms with E-state index in [0.29, 0.717) is 17.9 Å². The molecule has 3 heteroatoms. The molecule has 12 heavy (non-hydrogen) atoms. The summed E-state index contributed by atoms with van der Waals surface area (Å²) in [5.41, 5.74) is 13.6. The maximum atomic E-state index is 5.76. The van der Waals surface area contributed by atoms with Gasteiger partial charge in [-0.25, -0.2) is 0 Å². The minimum absolute atomic E-state index is 0.618. The minimum Gasteiger partial charge on any atom is -0.397 e. The van der Waals surface area contributed by atoms with Crippen molar-refractivity contribution in [1.82, 2.24) is 0 Å². The Morgan fingerprint density at radius 2 is 2.08 bits per heavy atom. The van der Waals surface area contributed by atoms with Crippen LogP contribution in [0.3, 0.4) is 0 Å². The number of benzene rings is 1. The molecule has 0 amide bonds. The smallest absolute Gasteiger partial charge is 0.0785 e. The molecular weight excluding hydrogens is 150 g/mol. The van der Waals surface area contributed by atoms with Crippen molar-refractivity contribution >= 4 is 17.1 Å². The fourth-order valence-corrected chi connectivity index (χ4v) is 1.02. The van der Waals surface area contributed by atoms with E-state index in [1.165, 1.54) is 0 Å². The molecule has 1 aromatic carbocycles. The molecule has 0 saturated carbocycles. The van der Waals surface area contributed by atoms with Crippen molar-refractivity contribution < 1.29 is 0 Å². The van der Waals surface area contributed by atoms with Crippen molar-refractivity contribution in [1.29, 1.82) is 0 Å². The summed E-state index contributed by atoms with van der Waals surface area (Å²) in [5.74, 6) is 0. The van der Waals surface area contributed by atoms with Crippen molar-refractivity contribution in [3.8, 4) is 0 Å². The predicted octanol–water partition coefficient (Wildman–Crippen LogP) is 1.12. The zero-order valence-corrected chi connectivity index (χ0v) is 7.25. The Morgan fingerprint density at radius 3 is 2.67 bits per heavy atom. The second-order valence-electron chi connectivity index (χ2n) is 2.70. The fraction of sp³-hybridized carbons (Fsp3) is 0.222. The van der Waals surface area contributed by atoms with Gasteiger partial charge >= 0.3 is 0 Å². The van der Waals surface area contributed by atoms with E-state index in [0.717, 1.165) is 5.69 Å². The van der Waals surface area contributed by atoms with Crippen LogP contribution < -0.4 is 16.4 Å². The zero-order valence-electron chi connectivity index (χ0n) is 7.25. The van der Waals surface area contributed by atoms with Gasteiger partial charge in [0.05, 0.1) is 17.1 Å². The number of nitrogens with two attached hydrogens (primary N) is 2. The SMILES string of the molecule is [CH2]CN(C)c1cccc(N)c1N. The summed E-state index contributed by atoms with van der Waals surface area (Å²) < 4.78 is 0. The molecule has 0 aliphatic rings. The Labute approximate surface area is 73.0 Å².